The Kier molecular flexibility index (Phi) is 3.40. The fourth-order valence-corrected chi connectivity index (χ4v) is 1.72. The second kappa shape index (κ2) is 4.98. The van der Waals surface area contributed by atoms with Crippen molar-refractivity contribution in [2.45, 2.75) is 6.92 Å². The number of carbonyl (C=O) groups is 1. The highest BCUT2D eigenvalue weighted by atomic mass is 32.1. The van der Waals surface area contributed by atoms with Gasteiger partial charge in [0.15, 0.2) is 0 Å². The standard InChI is InChI=1S/C13H11NO2S/c1-2-16-13(15)12-8-10-7-9(5-6-17)3-4-11(10)14-12/h3-4,7-8,14,17H,2H2,1H3. The van der Waals surface area contributed by atoms with Crippen LogP contribution in [-0.2, 0) is 4.74 Å². The van der Waals surface area contributed by atoms with Gasteiger partial charge in [-0.05, 0) is 36.4 Å². The van der Waals surface area contributed by atoms with Gasteiger partial charge in [0.2, 0.25) is 0 Å². The minimum atomic E-state index is -0.342. The van der Waals surface area contributed by atoms with Gasteiger partial charge in [0, 0.05) is 16.5 Å². The summed E-state index contributed by atoms with van der Waals surface area (Å²) in [5, 5.41) is 3.47. The number of ether oxygens (including phenoxy) is 1. The summed E-state index contributed by atoms with van der Waals surface area (Å²) in [7, 11) is 0. The summed E-state index contributed by atoms with van der Waals surface area (Å²) >= 11 is 3.85. The molecule has 0 amide bonds. The molecular weight excluding hydrogens is 234 g/mol. The van der Waals surface area contributed by atoms with E-state index in [1.807, 2.05) is 18.2 Å². The lowest BCUT2D eigenvalue weighted by Crippen LogP contribution is -2.04. The molecule has 0 fully saturated rings. The molecule has 86 valence electrons. The maximum Gasteiger partial charge on any atom is 0.354 e. The minimum Gasteiger partial charge on any atom is -0.461 e. The molecule has 0 saturated carbocycles. The van der Waals surface area contributed by atoms with E-state index in [9.17, 15) is 4.79 Å². The van der Waals surface area contributed by atoms with Crippen LogP contribution in [0.4, 0.5) is 0 Å². The number of thiol groups is 1. The summed E-state index contributed by atoms with van der Waals surface area (Å²) in [5.41, 5.74) is 2.21. The summed E-state index contributed by atoms with van der Waals surface area (Å²) < 4.78 is 4.92. The van der Waals surface area contributed by atoms with Crippen molar-refractivity contribution >= 4 is 29.5 Å². The molecule has 1 aromatic heterocycles. The Morgan fingerprint density at radius 2 is 2.29 bits per heavy atom. The molecule has 0 unspecified atom stereocenters. The molecule has 2 rings (SSSR count). The van der Waals surface area contributed by atoms with Crippen LogP contribution in [0.25, 0.3) is 10.9 Å². The van der Waals surface area contributed by atoms with Gasteiger partial charge >= 0.3 is 5.97 Å². The SMILES string of the molecule is CCOC(=O)c1cc2cc(C#CS)ccc2[nH]1. The fourth-order valence-electron chi connectivity index (χ4n) is 1.59. The number of hydrogen-bond acceptors (Lipinski definition) is 3. The van der Waals surface area contributed by atoms with Crippen molar-refractivity contribution in [1.82, 2.24) is 4.98 Å². The summed E-state index contributed by atoms with van der Waals surface area (Å²) in [6, 6.07) is 7.41. The first-order valence-corrected chi connectivity index (χ1v) is 5.64. The van der Waals surface area contributed by atoms with E-state index in [2.05, 4.69) is 28.8 Å². The molecule has 0 atom stereocenters. The lowest BCUT2D eigenvalue weighted by atomic mass is 10.2. The molecule has 0 aliphatic rings. The van der Waals surface area contributed by atoms with Gasteiger partial charge in [-0.15, -0.1) is 0 Å². The highest BCUT2D eigenvalue weighted by Crippen LogP contribution is 2.17. The Hall–Kier alpha value is -1.86. The van der Waals surface area contributed by atoms with Crippen molar-refractivity contribution < 1.29 is 9.53 Å². The number of aromatic nitrogens is 1. The van der Waals surface area contributed by atoms with E-state index in [1.54, 1.807) is 13.0 Å². The van der Waals surface area contributed by atoms with Gasteiger partial charge in [-0.25, -0.2) is 4.79 Å². The molecule has 0 saturated heterocycles. The topological polar surface area (TPSA) is 42.1 Å². The van der Waals surface area contributed by atoms with Crippen LogP contribution < -0.4 is 0 Å². The third-order valence-electron chi connectivity index (χ3n) is 2.32. The number of nitrogens with one attached hydrogen (secondary N) is 1. The number of rotatable bonds is 2. The minimum absolute atomic E-state index is 0.342. The van der Waals surface area contributed by atoms with Crippen LogP contribution in [0.2, 0.25) is 0 Å². The second-order valence-corrected chi connectivity index (χ2v) is 3.67. The van der Waals surface area contributed by atoms with E-state index in [4.69, 9.17) is 4.74 Å². The Bertz CT molecular complexity index is 619. The summed E-state index contributed by atoms with van der Waals surface area (Å²) in [6.07, 6.45) is 0. The van der Waals surface area contributed by atoms with E-state index in [0.29, 0.717) is 12.3 Å². The monoisotopic (exact) mass is 245 g/mol. The number of fused-ring (bicyclic) bond motifs is 1. The predicted octanol–water partition coefficient (Wildman–Crippen LogP) is 2.58. The number of carbonyl (C=O) groups excluding carboxylic acids is 1. The molecule has 0 bridgehead atoms. The van der Waals surface area contributed by atoms with Crippen LogP contribution in [0.3, 0.4) is 0 Å². The normalized spacial score (nSPS) is 9.76. The fraction of sp³-hybridized carbons (Fsp3) is 0.154. The molecule has 17 heavy (non-hydrogen) atoms. The van der Waals surface area contributed by atoms with Crippen molar-refractivity contribution in [2.24, 2.45) is 0 Å². The van der Waals surface area contributed by atoms with Gasteiger partial charge in [0.1, 0.15) is 5.69 Å². The van der Waals surface area contributed by atoms with E-state index in [1.165, 1.54) is 0 Å². The molecule has 1 N–H and O–H groups in total. The van der Waals surface area contributed by atoms with E-state index < -0.39 is 0 Å². The largest absolute Gasteiger partial charge is 0.461 e. The first-order chi connectivity index (χ1) is 8.24. The zero-order chi connectivity index (χ0) is 12.3. The number of hydrogen-bond donors (Lipinski definition) is 2. The molecular formula is C13H11NO2S. The molecule has 0 aliphatic carbocycles. The van der Waals surface area contributed by atoms with Crippen LogP contribution in [0.1, 0.15) is 23.0 Å². The Morgan fingerprint density at radius 3 is 3.00 bits per heavy atom. The van der Waals surface area contributed by atoms with Gasteiger partial charge in [0.25, 0.3) is 0 Å². The van der Waals surface area contributed by atoms with Crippen molar-refractivity contribution in [3.63, 3.8) is 0 Å². The molecule has 0 spiro atoms. The zero-order valence-electron chi connectivity index (χ0n) is 9.28. The molecule has 4 heteroatoms. The average molecular weight is 245 g/mol. The van der Waals surface area contributed by atoms with Crippen molar-refractivity contribution in [3.8, 4) is 11.2 Å². The van der Waals surface area contributed by atoms with Gasteiger partial charge in [-0.3, -0.25) is 0 Å². The molecule has 0 aliphatic heterocycles. The molecule has 2 aromatic rings. The summed E-state index contributed by atoms with van der Waals surface area (Å²) in [5.74, 6) is 2.51. The number of esters is 1. The van der Waals surface area contributed by atoms with Crippen molar-refractivity contribution in [2.75, 3.05) is 6.61 Å². The first kappa shape index (κ1) is 11.6. The maximum absolute atomic E-state index is 11.5. The van der Waals surface area contributed by atoms with Crippen LogP contribution in [0.5, 0.6) is 0 Å². The van der Waals surface area contributed by atoms with Gasteiger partial charge in [-0.1, -0.05) is 18.5 Å². The maximum atomic E-state index is 11.5. The summed E-state index contributed by atoms with van der Waals surface area (Å²) in [4.78, 5) is 14.5. The Balaban J connectivity index is 2.42. The Labute approximate surface area is 105 Å². The average Bonchev–Trinajstić information content (AvgIpc) is 2.73. The van der Waals surface area contributed by atoms with Gasteiger partial charge in [0.05, 0.1) is 6.61 Å². The zero-order valence-corrected chi connectivity index (χ0v) is 10.2. The van der Waals surface area contributed by atoms with Gasteiger partial charge < -0.3 is 9.72 Å². The molecule has 1 aromatic carbocycles. The lowest BCUT2D eigenvalue weighted by molar-refractivity contribution is 0.0520. The molecule has 3 nitrogen and oxygen atoms in total. The van der Waals surface area contributed by atoms with E-state index in [0.717, 1.165) is 16.5 Å². The third-order valence-corrected chi connectivity index (χ3v) is 2.43. The molecule has 0 radical (unpaired) electrons. The molecule has 1 heterocycles. The second-order valence-electron chi connectivity index (χ2n) is 3.44. The third kappa shape index (κ3) is 2.45. The van der Waals surface area contributed by atoms with Crippen LogP contribution >= 0.6 is 12.6 Å². The van der Waals surface area contributed by atoms with E-state index >= 15 is 0 Å². The van der Waals surface area contributed by atoms with Crippen LogP contribution in [0.15, 0.2) is 24.3 Å². The van der Waals surface area contributed by atoms with E-state index in [-0.39, 0.29) is 5.97 Å². The number of aromatic amines is 1. The van der Waals surface area contributed by atoms with Crippen LogP contribution in [0, 0.1) is 11.2 Å². The quantitative estimate of drug-likeness (QED) is 0.485. The smallest absolute Gasteiger partial charge is 0.354 e. The van der Waals surface area contributed by atoms with Crippen molar-refractivity contribution in [1.29, 1.82) is 0 Å². The number of benzene rings is 1. The van der Waals surface area contributed by atoms with Crippen LogP contribution in [-0.4, -0.2) is 17.6 Å². The number of H-pyrrole nitrogens is 1. The van der Waals surface area contributed by atoms with Crippen molar-refractivity contribution in [3.05, 3.63) is 35.5 Å². The van der Waals surface area contributed by atoms with Gasteiger partial charge in [-0.2, -0.15) is 0 Å². The predicted molar refractivity (Wildman–Crippen MR) is 70.1 cm³/mol. The lowest BCUT2D eigenvalue weighted by Gasteiger charge is -1.96. The summed E-state index contributed by atoms with van der Waals surface area (Å²) in [6.45, 7) is 2.14. The highest BCUT2D eigenvalue weighted by molar-refractivity contribution is 7.85. The first-order valence-electron chi connectivity index (χ1n) is 5.19. The Morgan fingerprint density at radius 1 is 1.47 bits per heavy atom. The highest BCUT2D eigenvalue weighted by Gasteiger charge is 2.09.